The van der Waals surface area contributed by atoms with E-state index in [1.54, 1.807) is 0 Å². The molecule has 0 aromatic heterocycles. The highest BCUT2D eigenvalue weighted by Gasteiger charge is 2.66. The van der Waals surface area contributed by atoms with Gasteiger partial charge in [-0.25, -0.2) is 8.42 Å². The summed E-state index contributed by atoms with van der Waals surface area (Å²) in [4.78, 5) is 3.80. The van der Waals surface area contributed by atoms with E-state index < -0.39 is 42.8 Å². The maximum absolute atomic E-state index is 11.9. The molecule has 4 unspecified atom stereocenters. The zero-order valence-electron chi connectivity index (χ0n) is 20.3. The van der Waals surface area contributed by atoms with Crippen LogP contribution in [0, 0.1) is 16.7 Å². The minimum Gasteiger partial charge on any atom is -0.748 e. The van der Waals surface area contributed by atoms with Crippen molar-refractivity contribution in [2.45, 2.75) is 53.4 Å². The fourth-order valence-electron chi connectivity index (χ4n) is 6.96. The summed E-state index contributed by atoms with van der Waals surface area (Å²) in [5.74, 6) is -0.268. The van der Waals surface area contributed by atoms with Gasteiger partial charge in [0.05, 0.1) is 16.2 Å². The van der Waals surface area contributed by atoms with Gasteiger partial charge in [0.25, 0.3) is 0 Å². The van der Waals surface area contributed by atoms with Crippen LogP contribution >= 0.6 is 10.0 Å². The Morgan fingerprint density at radius 1 is 0.914 bits per heavy atom. The lowest BCUT2D eigenvalue weighted by molar-refractivity contribution is 0.00684. The molecule has 2 fully saturated rings. The Kier molecular flexibility index (Phi) is 6.16. The molecule has 0 aliphatic heterocycles. The van der Waals surface area contributed by atoms with Gasteiger partial charge in [-0.05, 0) is 99.9 Å². The summed E-state index contributed by atoms with van der Waals surface area (Å²) in [7, 11) is -5.97. The first kappa shape index (κ1) is 24.6. The fraction of sp³-hybridized carbons (Fsp3) is 0.379. The predicted octanol–water partition coefficient (Wildman–Crippen LogP) is 5.85. The maximum Gasteiger partial charge on any atom is 0.0952 e. The molecule has 5 rings (SSSR count). The molecule has 0 spiro atoms. The van der Waals surface area contributed by atoms with E-state index in [2.05, 4.69) is 86.0 Å². The number of hydrogen-bond acceptors (Lipinski definition) is 4. The van der Waals surface area contributed by atoms with Gasteiger partial charge in [-0.3, -0.25) is 0 Å². The Hall–Kier alpha value is -2.12. The smallest absolute Gasteiger partial charge is 0.0952 e. The van der Waals surface area contributed by atoms with Crippen LogP contribution in [0.5, 0.6) is 0 Å². The van der Waals surface area contributed by atoms with E-state index in [-0.39, 0.29) is 5.92 Å². The van der Waals surface area contributed by atoms with Crippen LogP contribution in [0.2, 0.25) is 0 Å². The quantitative estimate of drug-likeness (QED) is 0.405. The molecule has 3 aromatic carbocycles. The lowest BCUT2D eigenvalue weighted by Gasteiger charge is -2.44. The summed E-state index contributed by atoms with van der Waals surface area (Å²) in [6, 6.07) is 29.8. The first-order chi connectivity index (χ1) is 16.6. The van der Waals surface area contributed by atoms with Crippen LogP contribution < -0.4 is 0 Å². The molecule has 3 aromatic rings. The largest absolute Gasteiger partial charge is 0.748 e. The van der Waals surface area contributed by atoms with Crippen molar-refractivity contribution in [2.75, 3.05) is 12.0 Å². The molecule has 35 heavy (non-hydrogen) atoms. The van der Waals surface area contributed by atoms with Crippen LogP contribution in [-0.2, 0) is 16.5 Å². The number of aliphatic hydroxyl groups is 1. The summed E-state index contributed by atoms with van der Waals surface area (Å²) < 4.78 is 35.7. The van der Waals surface area contributed by atoms with Gasteiger partial charge >= 0.3 is 0 Å². The first-order valence-corrected chi connectivity index (χ1v) is 15.8. The van der Waals surface area contributed by atoms with Crippen LogP contribution in [-0.4, -0.2) is 36.2 Å². The van der Waals surface area contributed by atoms with Crippen molar-refractivity contribution in [2.24, 2.45) is 16.7 Å². The standard InChI is InChI=1S/C29H34O4S2/c1-28(23-16-17-29(28,27(30)19-23)21-35(31,32)33)20-22-10-9-15-26(18-22)34(2,24-11-5-3-6-12-24)25-13-7-4-8-14-25/h3-15,18,23,27,30H,16-17,19-21H2,1-2H3,(H,31,32,33)/p-1. The summed E-state index contributed by atoms with van der Waals surface area (Å²) in [5.41, 5.74) is -0.180. The average Bonchev–Trinajstić information content (AvgIpc) is 3.20. The SMILES string of the molecule is CC1(Cc2cccc(S(C)(c3ccccc3)c3ccccc3)c2)C2CCC1(CS(=O)(=O)[O-])C(O)C2. The van der Waals surface area contributed by atoms with Crippen LogP contribution in [0.1, 0.15) is 31.7 Å². The van der Waals surface area contributed by atoms with Gasteiger partial charge in [0.15, 0.2) is 0 Å². The first-order valence-electron chi connectivity index (χ1n) is 12.2. The zero-order chi connectivity index (χ0) is 24.9. The van der Waals surface area contributed by atoms with E-state index in [1.807, 2.05) is 12.1 Å². The Bertz CT molecular complexity index is 1270. The van der Waals surface area contributed by atoms with E-state index in [0.717, 1.165) is 12.0 Å². The molecular weight excluding hydrogens is 476 g/mol. The van der Waals surface area contributed by atoms with Gasteiger partial charge in [-0.2, -0.15) is 10.0 Å². The molecule has 2 aliphatic rings. The van der Waals surface area contributed by atoms with E-state index in [9.17, 15) is 18.1 Å². The van der Waals surface area contributed by atoms with Gasteiger partial charge in [0.2, 0.25) is 0 Å². The average molecular weight is 510 g/mol. The van der Waals surface area contributed by atoms with Crippen molar-refractivity contribution in [3.63, 3.8) is 0 Å². The molecule has 4 atom stereocenters. The highest BCUT2D eigenvalue weighted by Crippen LogP contribution is 2.68. The van der Waals surface area contributed by atoms with Gasteiger partial charge in [-0.15, -0.1) is 0 Å². The summed E-state index contributed by atoms with van der Waals surface area (Å²) in [6.45, 7) is 2.10. The highest BCUT2D eigenvalue weighted by molar-refractivity contribution is 8.33. The molecule has 2 bridgehead atoms. The summed E-state index contributed by atoms with van der Waals surface area (Å²) >= 11 is 0. The van der Waals surface area contributed by atoms with Crippen molar-refractivity contribution in [1.29, 1.82) is 0 Å². The molecule has 2 aliphatic carbocycles. The number of benzene rings is 3. The summed E-state index contributed by atoms with van der Waals surface area (Å²) in [6.07, 6.45) is 4.25. The van der Waals surface area contributed by atoms with Crippen molar-refractivity contribution in [1.82, 2.24) is 0 Å². The normalized spacial score (nSPS) is 28.8. The minimum absolute atomic E-state index is 0.213. The van der Waals surface area contributed by atoms with E-state index in [4.69, 9.17) is 0 Å². The molecule has 186 valence electrons. The highest BCUT2D eigenvalue weighted by atomic mass is 32.3. The molecule has 6 heteroatoms. The van der Waals surface area contributed by atoms with E-state index >= 15 is 0 Å². The Balaban J connectivity index is 1.57. The van der Waals surface area contributed by atoms with Crippen molar-refractivity contribution < 1.29 is 18.1 Å². The van der Waals surface area contributed by atoms with Crippen molar-refractivity contribution >= 4 is 20.1 Å². The van der Waals surface area contributed by atoms with E-state index in [0.29, 0.717) is 19.3 Å². The minimum atomic E-state index is -4.46. The molecular formula is C29H33O4S2-. The fourth-order valence-corrected chi connectivity index (χ4v) is 11.2. The van der Waals surface area contributed by atoms with Gasteiger partial charge in [0, 0.05) is 11.2 Å². The van der Waals surface area contributed by atoms with Gasteiger partial charge in [0.1, 0.15) is 0 Å². The number of rotatable bonds is 7. The lowest BCUT2D eigenvalue weighted by Crippen LogP contribution is -2.46. The maximum atomic E-state index is 11.9. The van der Waals surface area contributed by atoms with Crippen LogP contribution in [0.25, 0.3) is 0 Å². The Labute approximate surface area is 210 Å². The second-order valence-corrected chi connectivity index (χ2v) is 15.3. The van der Waals surface area contributed by atoms with Crippen LogP contribution in [0.3, 0.4) is 0 Å². The number of aliphatic hydroxyl groups excluding tert-OH is 1. The zero-order valence-corrected chi connectivity index (χ0v) is 21.9. The molecule has 0 amide bonds. The molecule has 0 saturated heterocycles. The second-order valence-electron chi connectivity index (χ2n) is 10.6. The number of fused-ring (bicyclic) bond motifs is 2. The third kappa shape index (κ3) is 4.05. The second kappa shape index (κ2) is 8.77. The third-order valence-corrected chi connectivity index (χ3v) is 13.4. The van der Waals surface area contributed by atoms with Crippen LogP contribution in [0.4, 0.5) is 0 Å². The van der Waals surface area contributed by atoms with Crippen molar-refractivity contribution in [3.8, 4) is 0 Å². The van der Waals surface area contributed by atoms with Crippen molar-refractivity contribution in [3.05, 3.63) is 90.5 Å². The topological polar surface area (TPSA) is 77.4 Å². The van der Waals surface area contributed by atoms with Crippen LogP contribution in [0.15, 0.2) is 99.6 Å². The third-order valence-electron chi connectivity index (χ3n) is 8.93. The lowest BCUT2D eigenvalue weighted by atomic mass is 9.65. The number of hydrogen-bond donors (Lipinski definition) is 1. The monoisotopic (exact) mass is 509 g/mol. The Morgan fingerprint density at radius 3 is 2.03 bits per heavy atom. The molecule has 0 heterocycles. The van der Waals surface area contributed by atoms with Gasteiger partial charge < -0.3 is 9.66 Å². The summed E-state index contributed by atoms with van der Waals surface area (Å²) in [5, 5.41) is 10.9. The Morgan fingerprint density at radius 2 is 1.49 bits per heavy atom. The molecule has 2 saturated carbocycles. The molecule has 1 N–H and O–H groups in total. The van der Waals surface area contributed by atoms with Gasteiger partial charge in [-0.1, -0.05) is 55.5 Å². The van der Waals surface area contributed by atoms with E-state index in [1.165, 1.54) is 14.7 Å². The molecule has 0 radical (unpaired) electrons. The predicted molar refractivity (Wildman–Crippen MR) is 140 cm³/mol. The molecule has 4 nitrogen and oxygen atoms in total.